The lowest BCUT2D eigenvalue weighted by Gasteiger charge is -2.15. The molecule has 2 aromatic rings. The van der Waals surface area contributed by atoms with Crippen LogP contribution < -0.4 is 4.90 Å². The molecule has 2 heterocycles. The van der Waals surface area contributed by atoms with Crippen molar-refractivity contribution >= 4 is 67.3 Å². The fourth-order valence-corrected chi connectivity index (χ4v) is 5.34. The fraction of sp³-hybridized carbons (Fsp3) is 0.227. The van der Waals surface area contributed by atoms with Gasteiger partial charge in [0.25, 0.3) is 11.8 Å². The lowest BCUT2D eigenvalue weighted by molar-refractivity contribution is -0.122. The van der Waals surface area contributed by atoms with Crippen LogP contribution in [0.3, 0.4) is 0 Å². The van der Waals surface area contributed by atoms with Crippen molar-refractivity contribution in [3.05, 3.63) is 69.0 Å². The molecule has 0 unspecified atom stereocenters. The molecule has 29 heavy (non-hydrogen) atoms. The number of thiocarbonyl (C=S) groups is 1. The summed E-state index contributed by atoms with van der Waals surface area (Å²) in [5, 5.41) is 0. The van der Waals surface area contributed by atoms with Gasteiger partial charge < -0.3 is 4.90 Å². The van der Waals surface area contributed by atoms with Crippen LogP contribution in [0.1, 0.15) is 24.5 Å². The summed E-state index contributed by atoms with van der Waals surface area (Å²) in [5.74, 6) is -0.299. The monoisotopic (exact) mass is 486 g/mol. The van der Waals surface area contributed by atoms with E-state index in [9.17, 15) is 9.59 Å². The van der Waals surface area contributed by atoms with Gasteiger partial charge in [-0.3, -0.25) is 14.5 Å². The second-order valence-corrected chi connectivity index (χ2v) is 9.44. The summed E-state index contributed by atoms with van der Waals surface area (Å²) in [6, 6.07) is 15.8. The minimum atomic E-state index is -0.177. The number of amides is 2. The van der Waals surface area contributed by atoms with E-state index in [-0.39, 0.29) is 11.8 Å². The van der Waals surface area contributed by atoms with E-state index >= 15 is 0 Å². The van der Waals surface area contributed by atoms with Gasteiger partial charge in [0.15, 0.2) is 0 Å². The highest BCUT2D eigenvalue weighted by Crippen LogP contribution is 2.45. The lowest BCUT2D eigenvalue weighted by atomic mass is 10.1. The minimum Gasteiger partial charge on any atom is -0.308 e. The Kier molecular flexibility index (Phi) is 5.90. The van der Waals surface area contributed by atoms with Crippen molar-refractivity contribution in [2.45, 2.75) is 19.8 Å². The molecule has 0 spiro atoms. The largest absolute Gasteiger partial charge is 0.308 e. The van der Waals surface area contributed by atoms with Gasteiger partial charge in [-0.2, -0.15) is 0 Å². The van der Waals surface area contributed by atoms with Gasteiger partial charge in [0.2, 0.25) is 0 Å². The molecule has 0 bridgehead atoms. The first-order valence-electron chi connectivity index (χ1n) is 9.45. The topological polar surface area (TPSA) is 40.6 Å². The Bertz CT molecular complexity index is 1040. The van der Waals surface area contributed by atoms with Gasteiger partial charge in [-0.15, -0.1) is 0 Å². The van der Waals surface area contributed by atoms with Crippen molar-refractivity contribution in [2.75, 3.05) is 18.0 Å². The van der Waals surface area contributed by atoms with Crippen LogP contribution in [0.15, 0.2) is 57.9 Å². The zero-order valence-corrected chi connectivity index (χ0v) is 19.1. The quantitative estimate of drug-likeness (QED) is 0.439. The number of benzene rings is 2. The predicted octanol–water partition coefficient (Wildman–Crippen LogP) is 5.02. The summed E-state index contributed by atoms with van der Waals surface area (Å²) in [5.41, 5.74) is 3.26. The highest BCUT2D eigenvalue weighted by Gasteiger charge is 2.41. The second-order valence-electron chi connectivity index (χ2n) is 6.88. The Labute approximate surface area is 188 Å². The Morgan fingerprint density at radius 2 is 1.76 bits per heavy atom. The summed E-state index contributed by atoms with van der Waals surface area (Å²) in [4.78, 5) is 30.2. The van der Waals surface area contributed by atoms with E-state index in [1.807, 2.05) is 55.5 Å². The SMILES string of the molecule is CCCN1C(=O)/C(=C2\SC(=S)N(CCc3ccccc3)C2=O)c2cc(Br)ccc21. The Morgan fingerprint density at radius 1 is 1.00 bits per heavy atom. The van der Waals surface area contributed by atoms with Crippen molar-refractivity contribution < 1.29 is 9.59 Å². The molecule has 2 aliphatic rings. The summed E-state index contributed by atoms with van der Waals surface area (Å²) in [7, 11) is 0. The molecule has 2 amide bonds. The van der Waals surface area contributed by atoms with Gasteiger partial charge in [0, 0.05) is 23.1 Å². The smallest absolute Gasteiger partial charge is 0.267 e. The molecule has 1 fully saturated rings. The molecule has 1 saturated heterocycles. The third-order valence-corrected chi connectivity index (χ3v) is 6.91. The highest BCUT2D eigenvalue weighted by atomic mass is 79.9. The van der Waals surface area contributed by atoms with E-state index in [2.05, 4.69) is 15.9 Å². The van der Waals surface area contributed by atoms with Gasteiger partial charge in [-0.1, -0.05) is 77.2 Å². The van der Waals surface area contributed by atoms with Crippen LogP contribution in [-0.4, -0.2) is 34.1 Å². The first kappa shape index (κ1) is 20.3. The number of fused-ring (bicyclic) bond motifs is 1. The van der Waals surface area contributed by atoms with E-state index < -0.39 is 0 Å². The van der Waals surface area contributed by atoms with Crippen molar-refractivity contribution in [1.29, 1.82) is 0 Å². The molecule has 0 N–H and O–H groups in total. The van der Waals surface area contributed by atoms with Crippen LogP contribution in [0.5, 0.6) is 0 Å². The number of anilines is 1. The fourth-order valence-electron chi connectivity index (χ4n) is 3.60. The maximum atomic E-state index is 13.2. The third-order valence-electron chi connectivity index (χ3n) is 4.97. The summed E-state index contributed by atoms with van der Waals surface area (Å²) < 4.78 is 1.38. The molecule has 0 aliphatic carbocycles. The molecule has 0 aromatic heterocycles. The average Bonchev–Trinajstić information content (AvgIpc) is 3.14. The van der Waals surface area contributed by atoms with E-state index in [1.165, 1.54) is 11.8 Å². The molecule has 4 nitrogen and oxygen atoms in total. The van der Waals surface area contributed by atoms with Crippen molar-refractivity contribution in [2.24, 2.45) is 0 Å². The number of carbonyl (C=O) groups is 2. The first-order chi connectivity index (χ1) is 14.0. The molecule has 0 saturated carbocycles. The number of hydrogen-bond acceptors (Lipinski definition) is 4. The molecule has 2 aromatic carbocycles. The number of nitrogens with zero attached hydrogens (tertiary/aromatic N) is 2. The van der Waals surface area contributed by atoms with Crippen molar-refractivity contribution in [3.63, 3.8) is 0 Å². The Morgan fingerprint density at radius 3 is 2.48 bits per heavy atom. The maximum Gasteiger partial charge on any atom is 0.267 e. The molecule has 7 heteroatoms. The van der Waals surface area contributed by atoms with Gasteiger partial charge in [-0.25, -0.2) is 0 Å². The average molecular weight is 487 g/mol. The van der Waals surface area contributed by atoms with Crippen molar-refractivity contribution in [3.8, 4) is 0 Å². The van der Waals surface area contributed by atoms with Crippen LogP contribution >= 0.6 is 39.9 Å². The van der Waals surface area contributed by atoms with Gasteiger partial charge in [-0.05, 0) is 36.6 Å². The second kappa shape index (κ2) is 8.42. The normalized spacial score (nSPS) is 18.8. The van der Waals surface area contributed by atoms with Crippen LogP contribution in [-0.2, 0) is 16.0 Å². The number of rotatable bonds is 5. The van der Waals surface area contributed by atoms with E-state index in [4.69, 9.17) is 12.2 Å². The van der Waals surface area contributed by atoms with Gasteiger partial charge >= 0.3 is 0 Å². The van der Waals surface area contributed by atoms with Crippen molar-refractivity contribution in [1.82, 2.24) is 4.90 Å². The standard InChI is InChI=1S/C22H19BrN2O2S2/c1-2-11-24-17-9-8-15(23)13-16(17)18(20(24)26)19-21(27)25(22(28)29-19)12-10-14-6-4-3-5-7-14/h3-9,13H,2,10-12H2,1H3/b19-18-. The summed E-state index contributed by atoms with van der Waals surface area (Å²) in [6.45, 7) is 3.15. The van der Waals surface area contributed by atoms with Crippen LogP contribution in [0.25, 0.3) is 5.57 Å². The van der Waals surface area contributed by atoms with E-state index in [0.717, 1.165) is 27.7 Å². The molecule has 0 atom stereocenters. The van der Waals surface area contributed by atoms with Crippen LogP contribution in [0.4, 0.5) is 5.69 Å². The zero-order valence-electron chi connectivity index (χ0n) is 15.9. The van der Waals surface area contributed by atoms with E-state index in [1.54, 1.807) is 9.80 Å². The van der Waals surface area contributed by atoms with Gasteiger partial charge in [0.05, 0.1) is 16.2 Å². The minimum absolute atomic E-state index is 0.122. The molecule has 148 valence electrons. The summed E-state index contributed by atoms with van der Waals surface area (Å²) >= 11 is 10.2. The highest BCUT2D eigenvalue weighted by molar-refractivity contribution is 9.10. The molecular formula is C22H19BrN2O2S2. The molecular weight excluding hydrogens is 468 g/mol. The number of thioether (sulfide) groups is 1. The zero-order chi connectivity index (χ0) is 20.5. The predicted molar refractivity (Wildman–Crippen MR) is 126 cm³/mol. The molecule has 4 rings (SSSR count). The molecule has 2 aliphatic heterocycles. The summed E-state index contributed by atoms with van der Waals surface area (Å²) in [6.07, 6.45) is 1.56. The Hall–Kier alpha value is -1.96. The lowest BCUT2D eigenvalue weighted by Crippen LogP contribution is -2.31. The number of carbonyl (C=O) groups excluding carboxylic acids is 2. The van der Waals surface area contributed by atoms with Crippen LogP contribution in [0.2, 0.25) is 0 Å². The first-order valence-corrected chi connectivity index (χ1v) is 11.5. The molecule has 0 radical (unpaired) electrons. The number of halogens is 1. The number of hydrogen-bond donors (Lipinski definition) is 0. The van der Waals surface area contributed by atoms with Crippen LogP contribution in [0, 0.1) is 0 Å². The third kappa shape index (κ3) is 3.79. The Balaban J connectivity index is 1.68. The van der Waals surface area contributed by atoms with E-state index in [0.29, 0.717) is 34.3 Å². The maximum absolute atomic E-state index is 13.2. The van der Waals surface area contributed by atoms with Gasteiger partial charge in [0.1, 0.15) is 4.32 Å².